The number of methoxy groups -OCH3 is 1. The van der Waals surface area contributed by atoms with E-state index >= 15 is 0 Å². The van der Waals surface area contributed by atoms with Crippen molar-refractivity contribution in [3.63, 3.8) is 0 Å². The lowest BCUT2D eigenvalue weighted by Crippen LogP contribution is -2.48. The number of H-pyrrole nitrogens is 1. The summed E-state index contributed by atoms with van der Waals surface area (Å²) in [7, 11) is 1.48. The molecule has 1 amide bonds. The van der Waals surface area contributed by atoms with E-state index in [-0.39, 0.29) is 29.6 Å². The summed E-state index contributed by atoms with van der Waals surface area (Å²) >= 11 is 0. The van der Waals surface area contributed by atoms with Crippen molar-refractivity contribution in [1.82, 2.24) is 20.2 Å². The first-order valence-electron chi connectivity index (χ1n) is 13.3. The van der Waals surface area contributed by atoms with Crippen LogP contribution in [0.4, 0.5) is 4.39 Å². The number of aryl methyl sites for hydroxylation is 1. The van der Waals surface area contributed by atoms with Crippen LogP contribution in [0.25, 0.3) is 21.8 Å². The van der Waals surface area contributed by atoms with Crippen LogP contribution in [0.15, 0.2) is 42.5 Å². The van der Waals surface area contributed by atoms with E-state index in [1.807, 2.05) is 17.0 Å². The van der Waals surface area contributed by atoms with Gasteiger partial charge in [0.2, 0.25) is 5.91 Å². The maximum Gasteiger partial charge on any atom is 0.219 e. The molecule has 1 aliphatic heterocycles. The van der Waals surface area contributed by atoms with Gasteiger partial charge in [-0.1, -0.05) is 24.3 Å². The summed E-state index contributed by atoms with van der Waals surface area (Å²) in [6, 6.07) is 13.9. The Balaban J connectivity index is 1.43. The van der Waals surface area contributed by atoms with Crippen molar-refractivity contribution >= 4 is 27.7 Å². The highest BCUT2D eigenvalue weighted by Crippen LogP contribution is 2.39. The van der Waals surface area contributed by atoms with Gasteiger partial charge in [0.15, 0.2) is 11.6 Å². The number of amides is 1. The average molecular weight is 501 g/mol. The van der Waals surface area contributed by atoms with Gasteiger partial charge in [-0.25, -0.2) is 4.39 Å². The number of fused-ring (bicyclic) bond motifs is 5. The number of piperidine rings is 1. The maximum atomic E-state index is 14.5. The van der Waals surface area contributed by atoms with Crippen LogP contribution in [0.3, 0.4) is 0 Å². The molecule has 2 N–H and O–H groups in total. The number of nitrogens with zero attached hydrogens (tertiary/aromatic N) is 2. The normalized spacial score (nSPS) is 19.8. The molecule has 2 aromatic carbocycles. The van der Waals surface area contributed by atoms with Crippen LogP contribution < -0.4 is 10.1 Å². The van der Waals surface area contributed by atoms with E-state index < -0.39 is 0 Å². The van der Waals surface area contributed by atoms with Gasteiger partial charge in [-0.15, -0.1) is 0 Å². The van der Waals surface area contributed by atoms with Crippen molar-refractivity contribution in [2.24, 2.45) is 0 Å². The molecule has 192 valence electrons. The summed E-state index contributed by atoms with van der Waals surface area (Å²) in [6.45, 7) is 3.24. The molecule has 1 saturated heterocycles. The van der Waals surface area contributed by atoms with Crippen LogP contribution in [0.5, 0.6) is 5.75 Å². The van der Waals surface area contributed by atoms with Crippen LogP contribution in [0, 0.1) is 5.82 Å². The van der Waals surface area contributed by atoms with E-state index in [1.54, 1.807) is 19.1 Å². The van der Waals surface area contributed by atoms with Gasteiger partial charge in [-0.05, 0) is 61.4 Å². The van der Waals surface area contributed by atoms with E-state index in [2.05, 4.69) is 28.5 Å². The van der Waals surface area contributed by atoms with Crippen molar-refractivity contribution < 1.29 is 13.9 Å². The number of hydrogen-bond acceptors (Lipinski definition) is 4. The monoisotopic (exact) mass is 500 g/mol. The predicted molar refractivity (Wildman–Crippen MR) is 143 cm³/mol. The largest absolute Gasteiger partial charge is 0.494 e. The number of benzene rings is 2. The third-order valence-electron chi connectivity index (χ3n) is 8.00. The number of ether oxygens (including phenoxy) is 1. The molecule has 2 atom stereocenters. The highest BCUT2D eigenvalue weighted by atomic mass is 19.1. The quantitative estimate of drug-likeness (QED) is 0.383. The minimum atomic E-state index is -0.363. The summed E-state index contributed by atoms with van der Waals surface area (Å²) in [4.78, 5) is 22.9. The zero-order valence-corrected chi connectivity index (χ0v) is 21.4. The Morgan fingerprint density at radius 2 is 2.08 bits per heavy atom. The van der Waals surface area contributed by atoms with Crippen LogP contribution in [-0.2, 0) is 17.6 Å². The van der Waals surface area contributed by atoms with Gasteiger partial charge in [-0.2, -0.15) is 0 Å². The Labute approximate surface area is 216 Å². The van der Waals surface area contributed by atoms with E-state index in [0.29, 0.717) is 6.42 Å². The molecule has 3 heterocycles. The Morgan fingerprint density at radius 1 is 1.22 bits per heavy atom. The molecule has 4 aromatic rings. The number of carbonyl (C=O) groups excluding carboxylic acids is 1. The molecule has 2 aromatic heterocycles. The molecule has 6 rings (SSSR count). The lowest BCUT2D eigenvalue weighted by molar-refractivity contribution is -0.130. The van der Waals surface area contributed by atoms with E-state index in [4.69, 9.17) is 9.72 Å². The number of carbonyl (C=O) groups is 1. The van der Waals surface area contributed by atoms with Gasteiger partial charge in [0.05, 0.1) is 30.1 Å². The number of hydrogen-bond donors (Lipinski definition) is 2. The van der Waals surface area contributed by atoms with Crippen molar-refractivity contribution in [2.45, 2.75) is 57.5 Å². The molecular weight excluding hydrogens is 467 g/mol. The standard InChI is InChI=1S/C30H33FN4O2/c1-18(36)35-14-6-7-20(17-35)32-25-11-5-9-22-28-21-8-3-4-10-24(21)33-30(28)26(34-29(22)25)16-19-12-13-27(37-2)23(31)15-19/h3-4,8,10,12-13,15,20,25,32-33H,5-7,9,11,14,16-17H2,1-2H3/t20-,25?/m0/s1. The van der Waals surface area contributed by atoms with Crippen molar-refractivity contribution in [1.29, 1.82) is 0 Å². The molecule has 0 bridgehead atoms. The summed E-state index contributed by atoms with van der Waals surface area (Å²) in [6.07, 6.45) is 5.68. The fraction of sp³-hybridized carbons (Fsp3) is 0.400. The second-order valence-corrected chi connectivity index (χ2v) is 10.4. The second-order valence-electron chi connectivity index (χ2n) is 10.4. The number of aromatic amines is 1. The molecule has 0 radical (unpaired) electrons. The van der Waals surface area contributed by atoms with Crippen molar-refractivity contribution in [3.8, 4) is 5.75 Å². The molecule has 0 saturated carbocycles. The lowest BCUT2D eigenvalue weighted by Gasteiger charge is -2.36. The zero-order chi connectivity index (χ0) is 25.5. The molecule has 7 heteroatoms. The molecule has 37 heavy (non-hydrogen) atoms. The molecule has 2 aliphatic rings. The van der Waals surface area contributed by atoms with Crippen LogP contribution >= 0.6 is 0 Å². The van der Waals surface area contributed by atoms with E-state index in [1.165, 1.54) is 23.4 Å². The number of pyridine rings is 1. The maximum absolute atomic E-state index is 14.5. The zero-order valence-electron chi connectivity index (χ0n) is 21.4. The van der Waals surface area contributed by atoms with Gasteiger partial charge >= 0.3 is 0 Å². The van der Waals surface area contributed by atoms with E-state index in [9.17, 15) is 9.18 Å². The molecule has 1 aliphatic carbocycles. The van der Waals surface area contributed by atoms with E-state index in [0.717, 1.165) is 73.2 Å². The second kappa shape index (κ2) is 9.78. The smallest absolute Gasteiger partial charge is 0.219 e. The Morgan fingerprint density at radius 3 is 2.89 bits per heavy atom. The van der Waals surface area contributed by atoms with Crippen molar-refractivity contribution in [3.05, 3.63) is 70.8 Å². The fourth-order valence-electron chi connectivity index (χ4n) is 6.22. The number of halogens is 1. The molecule has 6 nitrogen and oxygen atoms in total. The van der Waals surface area contributed by atoms with Crippen LogP contribution in [-0.4, -0.2) is 47.0 Å². The number of aromatic nitrogens is 2. The summed E-state index contributed by atoms with van der Waals surface area (Å²) in [5, 5.41) is 6.32. The number of rotatable bonds is 5. The SMILES string of the molecule is COc1ccc(Cc2nc3c(c4c2[nH]c2ccccc24)CCCC3N[C@H]2CCCN(C(C)=O)C2)cc1F. The van der Waals surface area contributed by atoms with Crippen molar-refractivity contribution in [2.75, 3.05) is 20.2 Å². The molecule has 1 fully saturated rings. The Hall–Kier alpha value is -3.45. The highest BCUT2D eigenvalue weighted by molar-refractivity contribution is 6.10. The van der Waals surface area contributed by atoms with Gasteiger partial charge in [0.1, 0.15) is 0 Å². The first kappa shape index (κ1) is 23.9. The minimum absolute atomic E-state index is 0.130. The lowest BCUT2D eigenvalue weighted by atomic mass is 9.87. The summed E-state index contributed by atoms with van der Waals surface area (Å²) < 4.78 is 19.6. The first-order valence-corrected chi connectivity index (χ1v) is 13.3. The topological polar surface area (TPSA) is 70.2 Å². The average Bonchev–Trinajstić information content (AvgIpc) is 3.30. The molecule has 1 unspecified atom stereocenters. The van der Waals surface area contributed by atoms with Gasteiger partial charge in [0.25, 0.3) is 0 Å². The van der Waals surface area contributed by atoms with Crippen LogP contribution in [0.1, 0.15) is 61.2 Å². The fourth-order valence-corrected chi connectivity index (χ4v) is 6.22. The predicted octanol–water partition coefficient (Wildman–Crippen LogP) is 5.43. The highest BCUT2D eigenvalue weighted by Gasteiger charge is 2.30. The Kier molecular flexibility index (Phi) is 6.32. The number of nitrogens with one attached hydrogen (secondary N) is 2. The third-order valence-corrected chi connectivity index (χ3v) is 8.00. The summed E-state index contributed by atoms with van der Waals surface area (Å²) in [5.41, 5.74) is 6.33. The first-order chi connectivity index (χ1) is 18.0. The third kappa shape index (κ3) is 4.46. The number of para-hydroxylation sites is 1. The molecule has 0 spiro atoms. The summed E-state index contributed by atoms with van der Waals surface area (Å²) in [5.74, 6) is 0.0233. The van der Waals surface area contributed by atoms with Gasteiger partial charge < -0.3 is 19.9 Å². The van der Waals surface area contributed by atoms with Gasteiger partial charge in [-0.3, -0.25) is 9.78 Å². The van der Waals surface area contributed by atoms with Gasteiger partial charge in [0, 0.05) is 48.8 Å². The van der Waals surface area contributed by atoms with Crippen LogP contribution in [0.2, 0.25) is 0 Å². The number of likely N-dealkylation sites (tertiary alicyclic amines) is 1. The Bertz CT molecular complexity index is 1480. The molecular formula is C30H33FN4O2. The minimum Gasteiger partial charge on any atom is -0.494 e.